The molecule has 2 aliphatic heterocycles. The summed E-state index contributed by atoms with van der Waals surface area (Å²) >= 11 is 0. The highest BCUT2D eigenvalue weighted by atomic mass is 16.5. The Hall–Kier alpha value is -1.22. The Bertz CT molecular complexity index is 422. The molecule has 0 aromatic heterocycles. The number of benzene rings is 1. The van der Waals surface area contributed by atoms with Gasteiger partial charge in [-0.25, -0.2) is 0 Å². The zero-order chi connectivity index (χ0) is 11.9. The van der Waals surface area contributed by atoms with Crippen LogP contribution in [0.5, 0.6) is 0 Å². The first-order valence-corrected chi connectivity index (χ1v) is 6.38. The monoisotopic (exact) mass is 232 g/mol. The van der Waals surface area contributed by atoms with E-state index in [9.17, 15) is 0 Å². The number of morpholine rings is 1. The summed E-state index contributed by atoms with van der Waals surface area (Å²) in [6, 6.07) is 6.65. The van der Waals surface area contributed by atoms with Crippen LogP contribution in [-0.2, 0) is 10.2 Å². The molecule has 17 heavy (non-hydrogen) atoms. The van der Waals surface area contributed by atoms with Gasteiger partial charge in [0.05, 0.1) is 24.6 Å². The molecule has 1 fully saturated rings. The van der Waals surface area contributed by atoms with Crippen LogP contribution in [0, 0.1) is 0 Å². The summed E-state index contributed by atoms with van der Waals surface area (Å²) in [6.45, 7) is 9.31. The molecular weight excluding hydrogens is 212 g/mol. The Morgan fingerprint density at radius 2 is 2.00 bits per heavy atom. The van der Waals surface area contributed by atoms with Crippen LogP contribution in [0.15, 0.2) is 18.2 Å². The summed E-state index contributed by atoms with van der Waals surface area (Å²) in [4.78, 5) is 2.43. The van der Waals surface area contributed by atoms with Gasteiger partial charge in [0.2, 0.25) is 0 Å². The molecule has 0 bridgehead atoms. The number of para-hydroxylation sites is 1. The Morgan fingerprint density at radius 3 is 2.76 bits per heavy atom. The summed E-state index contributed by atoms with van der Waals surface area (Å²) in [6.07, 6.45) is 0. The Kier molecular flexibility index (Phi) is 2.51. The predicted octanol–water partition coefficient (Wildman–Crippen LogP) is 2.23. The molecule has 0 aliphatic carbocycles. The van der Waals surface area contributed by atoms with Gasteiger partial charge in [-0.05, 0) is 11.6 Å². The zero-order valence-electron chi connectivity index (χ0n) is 10.6. The average molecular weight is 232 g/mol. The number of hydrogen-bond acceptors (Lipinski definition) is 3. The Balaban J connectivity index is 1.99. The SMILES string of the molecule is CC1(C)CNc2c(N3CCOCC3)cccc21. The van der Waals surface area contributed by atoms with Gasteiger partial charge < -0.3 is 15.0 Å². The Labute approximate surface area is 103 Å². The van der Waals surface area contributed by atoms with Crippen LogP contribution in [0.1, 0.15) is 19.4 Å². The molecule has 0 radical (unpaired) electrons. The Morgan fingerprint density at radius 1 is 1.24 bits per heavy atom. The lowest BCUT2D eigenvalue weighted by Gasteiger charge is -2.30. The molecule has 1 saturated heterocycles. The van der Waals surface area contributed by atoms with Gasteiger partial charge in [-0.1, -0.05) is 26.0 Å². The van der Waals surface area contributed by atoms with E-state index in [4.69, 9.17) is 4.74 Å². The fourth-order valence-corrected chi connectivity index (χ4v) is 2.76. The average Bonchev–Trinajstić information content (AvgIpc) is 2.67. The first-order chi connectivity index (χ1) is 8.18. The molecule has 1 N–H and O–H groups in total. The quantitative estimate of drug-likeness (QED) is 0.803. The van der Waals surface area contributed by atoms with Gasteiger partial charge in [0, 0.05) is 25.0 Å². The van der Waals surface area contributed by atoms with Gasteiger partial charge in [-0.15, -0.1) is 0 Å². The maximum absolute atomic E-state index is 5.42. The van der Waals surface area contributed by atoms with Crippen molar-refractivity contribution in [1.82, 2.24) is 0 Å². The third kappa shape index (κ3) is 1.78. The summed E-state index contributed by atoms with van der Waals surface area (Å²) in [5, 5.41) is 3.57. The van der Waals surface area contributed by atoms with Gasteiger partial charge >= 0.3 is 0 Å². The van der Waals surface area contributed by atoms with E-state index in [0.29, 0.717) is 0 Å². The predicted molar refractivity (Wildman–Crippen MR) is 71.0 cm³/mol. The highest BCUT2D eigenvalue weighted by Crippen LogP contribution is 2.42. The van der Waals surface area contributed by atoms with Gasteiger partial charge in [0.25, 0.3) is 0 Å². The van der Waals surface area contributed by atoms with Crippen LogP contribution in [0.4, 0.5) is 11.4 Å². The molecule has 3 heteroatoms. The number of ether oxygens (including phenoxy) is 1. The van der Waals surface area contributed by atoms with E-state index in [1.165, 1.54) is 16.9 Å². The molecular formula is C14H20N2O. The van der Waals surface area contributed by atoms with Crippen molar-refractivity contribution < 1.29 is 4.74 Å². The largest absolute Gasteiger partial charge is 0.382 e. The van der Waals surface area contributed by atoms with Crippen LogP contribution in [0.3, 0.4) is 0 Å². The van der Waals surface area contributed by atoms with E-state index < -0.39 is 0 Å². The number of nitrogens with zero attached hydrogens (tertiary/aromatic N) is 1. The van der Waals surface area contributed by atoms with Gasteiger partial charge in [-0.2, -0.15) is 0 Å². The van der Waals surface area contributed by atoms with Crippen molar-refractivity contribution in [3.8, 4) is 0 Å². The minimum Gasteiger partial charge on any atom is -0.382 e. The molecule has 0 unspecified atom stereocenters. The molecule has 2 aliphatic rings. The second kappa shape index (κ2) is 3.91. The lowest BCUT2D eigenvalue weighted by molar-refractivity contribution is 0.123. The number of fused-ring (bicyclic) bond motifs is 1. The maximum Gasteiger partial charge on any atom is 0.0642 e. The van der Waals surface area contributed by atoms with Crippen LogP contribution < -0.4 is 10.2 Å². The number of rotatable bonds is 1. The molecule has 1 aromatic carbocycles. The van der Waals surface area contributed by atoms with Crippen LogP contribution in [0.2, 0.25) is 0 Å². The molecule has 0 spiro atoms. The highest BCUT2D eigenvalue weighted by molar-refractivity contribution is 5.77. The van der Waals surface area contributed by atoms with Crippen LogP contribution >= 0.6 is 0 Å². The van der Waals surface area contributed by atoms with E-state index in [1.54, 1.807) is 0 Å². The van der Waals surface area contributed by atoms with Gasteiger partial charge in [0.1, 0.15) is 0 Å². The van der Waals surface area contributed by atoms with Crippen LogP contribution in [-0.4, -0.2) is 32.8 Å². The van der Waals surface area contributed by atoms with Crippen molar-refractivity contribution in [2.75, 3.05) is 43.1 Å². The molecule has 0 saturated carbocycles. The minimum absolute atomic E-state index is 0.248. The second-order valence-corrected chi connectivity index (χ2v) is 5.54. The van der Waals surface area contributed by atoms with Gasteiger partial charge in [0.15, 0.2) is 0 Å². The van der Waals surface area contributed by atoms with Crippen molar-refractivity contribution in [2.45, 2.75) is 19.3 Å². The van der Waals surface area contributed by atoms with Crippen molar-refractivity contribution in [1.29, 1.82) is 0 Å². The summed E-state index contributed by atoms with van der Waals surface area (Å²) < 4.78 is 5.42. The van der Waals surface area contributed by atoms with E-state index in [1.807, 2.05) is 0 Å². The van der Waals surface area contributed by atoms with E-state index in [0.717, 1.165) is 32.8 Å². The van der Waals surface area contributed by atoms with Crippen molar-refractivity contribution >= 4 is 11.4 Å². The molecule has 0 amide bonds. The fraction of sp³-hybridized carbons (Fsp3) is 0.571. The third-order valence-electron chi connectivity index (χ3n) is 3.83. The summed E-state index contributed by atoms with van der Waals surface area (Å²) in [5.74, 6) is 0. The van der Waals surface area contributed by atoms with Crippen molar-refractivity contribution in [3.05, 3.63) is 23.8 Å². The standard InChI is InChI=1S/C14H20N2O/c1-14(2)10-15-13-11(14)4-3-5-12(13)16-6-8-17-9-7-16/h3-5,15H,6-10H2,1-2H3. The number of anilines is 2. The molecule has 3 nitrogen and oxygen atoms in total. The van der Waals surface area contributed by atoms with Crippen molar-refractivity contribution in [3.63, 3.8) is 0 Å². The van der Waals surface area contributed by atoms with E-state index >= 15 is 0 Å². The summed E-state index contributed by atoms with van der Waals surface area (Å²) in [7, 11) is 0. The lowest BCUT2D eigenvalue weighted by atomic mass is 9.87. The normalized spacial score (nSPS) is 22.1. The minimum atomic E-state index is 0.248. The number of nitrogens with one attached hydrogen (secondary N) is 1. The third-order valence-corrected chi connectivity index (χ3v) is 3.83. The first-order valence-electron chi connectivity index (χ1n) is 6.38. The molecule has 2 heterocycles. The van der Waals surface area contributed by atoms with Gasteiger partial charge in [-0.3, -0.25) is 0 Å². The topological polar surface area (TPSA) is 24.5 Å². The molecule has 92 valence electrons. The molecule has 3 rings (SSSR count). The second-order valence-electron chi connectivity index (χ2n) is 5.54. The van der Waals surface area contributed by atoms with E-state index in [-0.39, 0.29) is 5.41 Å². The van der Waals surface area contributed by atoms with Crippen molar-refractivity contribution in [2.24, 2.45) is 0 Å². The highest BCUT2D eigenvalue weighted by Gasteiger charge is 2.32. The smallest absolute Gasteiger partial charge is 0.0642 e. The molecule has 0 atom stereocenters. The first kappa shape index (κ1) is 10.9. The molecule has 1 aromatic rings. The number of hydrogen-bond donors (Lipinski definition) is 1. The maximum atomic E-state index is 5.42. The fourth-order valence-electron chi connectivity index (χ4n) is 2.76. The lowest BCUT2D eigenvalue weighted by Crippen LogP contribution is -2.36. The van der Waals surface area contributed by atoms with E-state index in [2.05, 4.69) is 42.3 Å². The zero-order valence-corrected chi connectivity index (χ0v) is 10.6. The van der Waals surface area contributed by atoms with Crippen LogP contribution in [0.25, 0.3) is 0 Å². The summed E-state index contributed by atoms with van der Waals surface area (Å²) in [5.41, 5.74) is 4.37.